The molecule has 0 aliphatic carbocycles. The van der Waals surface area contributed by atoms with Crippen LogP contribution < -0.4 is 9.64 Å². The van der Waals surface area contributed by atoms with Gasteiger partial charge in [0.2, 0.25) is 0 Å². The molecule has 0 amide bonds. The molecule has 1 unspecified atom stereocenters. The highest BCUT2D eigenvalue weighted by Gasteiger charge is 2.49. The fraction of sp³-hybridized carbons (Fsp3) is 0.571. The Morgan fingerprint density at radius 1 is 1.32 bits per heavy atom. The molecular weight excluding hydrogens is 428 g/mol. The van der Waals surface area contributed by atoms with Crippen molar-refractivity contribution in [3.63, 3.8) is 0 Å². The molecule has 3 atom stereocenters. The number of nitrogens with zero attached hydrogens (tertiary/aromatic N) is 5. The van der Waals surface area contributed by atoms with Gasteiger partial charge >= 0.3 is 6.01 Å². The fourth-order valence-electron chi connectivity index (χ4n) is 5.09. The average molecular weight is 452 g/mol. The molecule has 0 saturated carbocycles. The largest absolute Gasteiger partial charge is 0.461 e. The summed E-state index contributed by atoms with van der Waals surface area (Å²) in [4.78, 5) is 16.9. The van der Waals surface area contributed by atoms with E-state index in [1.165, 1.54) is 0 Å². The Morgan fingerprint density at radius 3 is 2.97 bits per heavy atom. The maximum absolute atomic E-state index is 14.9. The number of fused-ring (bicyclic) bond motifs is 2. The Hall–Kier alpha value is -2.10. The van der Waals surface area contributed by atoms with Crippen LogP contribution in [0.15, 0.2) is 12.2 Å². The van der Waals surface area contributed by atoms with Crippen LogP contribution in [0.5, 0.6) is 6.01 Å². The number of ether oxygens (including phenoxy) is 1. The maximum Gasteiger partial charge on any atom is 0.319 e. The lowest BCUT2D eigenvalue weighted by Crippen LogP contribution is -2.43. The standard InChI is InChI=1S/C21H24ClF2N5O2/c1-12-15-17(16(24)18(22)25-12)26-20(27-19(15)28-6-2-4-14(30)10-28)31-11-21-5-3-7-29(21)9-13(23)8-21/h2,4,13-14,30H,3,5-11H2,1H3/t13-,14?,21+/m1/s1. The molecule has 7 nitrogen and oxygen atoms in total. The van der Waals surface area contributed by atoms with Crippen molar-refractivity contribution in [2.24, 2.45) is 0 Å². The molecule has 2 aromatic heterocycles. The Labute approximate surface area is 183 Å². The van der Waals surface area contributed by atoms with E-state index in [1.54, 1.807) is 13.0 Å². The molecule has 166 valence electrons. The van der Waals surface area contributed by atoms with Gasteiger partial charge in [-0.1, -0.05) is 23.8 Å². The van der Waals surface area contributed by atoms with Crippen LogP contribution in [0, 0.1) is 12.7 Å². The van der Waals surface area contributed by atoms with Gasteiger partial charge in [-0.3, -0.25) is 4.90 Å². The molecular formula is C21H24ClF2N5O2. The van der Waals surface area contributed by atoms with E-state index in [0.29, 0.717) is 43.0 Å². The van der Waals surface area contributed by atoms with Crippen molar-refractivity contribution in [2.75, 3.05) is 37.7 Å². The second-order valence-electron chi connectivity index (χ2n) is 8.62. The minimum Gasteiger partial charge on any atom is -0.461 e. The van der Waals surface area contributed by atoms with Crippen molar-refractivity contribution in [3.05, 3.63) is 28.8 Å². The highest BCUT2D eigenvalue weighted by atomic mass is 35.5. The lowest BCUT2D eigenvalue weighted by Gasteiger charge is -2.31. The quantitative estimate of drug-likeness (QED) is 0.566. The lowest BCUT2D eigenvalue weighted by molar-refractivity contribution is 0.107. The molecule has 1 N–H and O–H groups in total. The van der Waals surface area contributed by atoms with E-state index < -0.39 is 18.1 Å². The zero-order valence-corrected chi connectivity index (χ0v) is 17.9. The fourth-order valence-corrected chi connectivity index (χ4v) is 5.31. The van der Waals surface area contributed by atoms with E-state index in [1.807, 2.05) is 11.0 Å². The number of pyridine rings is 1. The predicted octanol–water partition coefficient (Wildman–Crippen LogP) is 2.82. The number of hydrogen-bond donors (Lipinski definition) is 1. The molecule has 0 bridgehead atoms. The number of aliphatic hydroxyl groups excluding tert-OH is 1. The van der Waals surface area contributed by atoms with Crippen LogP contribution in [0.2, 0.25) is 5.15 Å². The first kappa shape index (κ1) is 20.8. The number of rotatable bonds is 4. The van der Waals surface area contributed by atoms with Crippen LogP contribution in [-0.2, 0) is 0 Å². The zero-order valence-electron chi connectivity index (χ0n) is 17.2. The summed E-state index contributed by atoms with van der Waals surface area (Å²) in [6, 6.07) is 0.00985. The number of aliphatic hydroxyl groups is 1. The molecule has 0 spiro atoms. The average Bonchev–Trinajstić information content (AvgIpc) is 3.25. The summed E-state index contributed by atoms with van der Waals surface area (Å²) in [5, 5.41) is 10.2. The summed E-state index contributed by atoms with van der Waals surface area (Å²) in [6.45, 7) is 4.01. The third-order valence-corrected chi connectivity index (χ3v) is 6.76. The van der Waals surface area contributed by atoms with Crippen molar-refractivity contribution in [1.29, 1.82) is 0 Å². The molecule has 3 aliphatic rings. The van der Waals surface area contributed by atoms with Gasteiger partial charge in [-0.2, -0.15) is 9.97 Å². The van der Waals surface area contributed by atoms with Gasteiger partial charge in [0.05, 0.1) is 22.7 Å². The summed E-state index contributed by atoms with van der Waals surface area (Å²) >= 11 is 5.97. The van der Waals surface area contributed by atoms with Gasteiger partial charge in [0.1, 0.15) is 24.1 Å². The van der Waals surface area contributed by atoms with Gasteiger partial charge in [0.15, 0.2) is 11.0 Å². The Bertz CT molecular complexity index is 1050. The topological polar surface area (TPSA) is 74.6 Å². The summed E-state index contributed by atoms with van der Waals surface area (Å²) in [7, 11) is 0. The predicted molar refractivity (Wildman–Crippen MR) is 113 cm³/mol. The van der Waals surface area contributed by atoms with E-state index >= 15 is 0 Å². The Morgan fingerprint density at radius 2 is 2.16 bits per heavy atom. The lowest BCUT2D eigenvalue weighted by atomic mass is 9.95. The van der Waals surface area contributed by atoms with Crippen LogP contribution in [0.4, 0.5) is 14.6 Å². The molecule has 2 aromatic rings. The summed E-state index contributed by atoms with van der Waals surface area (Å²) < 4.78 is 35.0. The molecule has 10 heteroatoms. The van der Waals surface area contributed by atoms with Gasteiger partial charge in [0, 0.05) is 26.1 Å². The smallest absolute Gasteiger partial charge is 0.319 e. The van der Waals surface area contributed by atoms with Gasteiger partial charge in [-0.15, -0.1) is 0 Å². The minimum absolute atomic E-state index is 0.00985. The zero-order chi connectivity index (χ0) is 21.8. The summed E-state index contributed by atoms with van der Waals surface area (Å²) in [5.74, 6) is -0.311. The molecule has 31 heavy (non-hydrogen) atoms. The molecule has 2 fully saturated rings. The van der Waals surface area contributed by atoms with Crippen molar-refractivity contribution in [2.45, 2.75) is 44.0 Å². The van der Waals surface area contributed by atoms with Gasteiger partial charge in [0.25, 0.3) is 0 Å². The minimum atomic E-state index is -0.872. The molecule has 0 radical (unpaired) electrons. The molecule has 0 aromatic carbocycles. The monoisotopic (exact) mass is 451 g/mol. The van der Waals surface area contributed by atoms with E-state index in [2.05, 4.69) is 19.9 Å². The van der Waals surface area contributed by atoms with Gasteiger partial charge in [-0.05, 0) is 26.3 Å². The first-order valence-electron chi connectivity index (χ1n) is 10.5. The molecule has 5 rings (SSSR count). The number of β-amino-alcohol motifs (C(OH)–C–C–N with tert-alkyl or cyclic N) is 1. The number of aryl methyl sites for hydroxylation is 1. The first-order chi connectivity index (χ1) is 14.9. The van der Waals surface area contributed by atoms with E-state index in [9.17, 15) is 13.9 Å². The van der Waals surface area contributed by atoms with Crippen LogP contribution in [0.1, 0.15) is 25.0 Å². The van der Waals surface area contributed by atoms with Crippen molar-refractivity contribution >= 4 is 28.3 Å². The van der Waals surface area contributed by atoms with Crippen molar-refractivity contribution < 1.29 is 18.6 Å². The molecule has 2 saturated heterocycles. The van der Waals surface area contributed by atoms with Crippen LogP contribution in [-0.4, -0.2) is 75.6 Å². The highest BCUT2D eigenvalue weighted by molar-refractivity contribution is 6.30. The molecule has 3 aliphatic heterocycles. The van der Waals surface area contributed by atoms with E-state index in [0.717, 1.165) is 19.4 Å². The number of aromatic nitrogens is 3. The molecule has 5 heterocycles. The van der Waals surface area contributed by atoms with E-state index in [-0.39, 0.29) is 28.8 Å². The number of hydrogen-bond acceptors (Lipinski definition) is 7. The van der Waals surface area contributed by atoms with Gasteiger partial charge in [-0.25, -0.2) is 13.8 Å². The SMILES string of the molecule is Cc1nc(Cl)c(F)c2nc(OC[C@@]34CCCN3C[C@H](F)C4)nc(N3CC=CC(O)C3)c12. The second kappa shape index (κ2) is 7.79. The maximum atomic E-state index is 14.9. The summed E-state index contributed by atoms with van der Waals surface area (Å²) in [5.41, 5.74) is 0.146. The number of anilines is 1. The van der Waals surface area contributed by atoms with Crippen LogP contribution >= 0.6 is 11.6 Å². The van der Waals surface area contributed by atoms with Crippen molar-refractivity contribution in [1.82, 2.24) is 19.9 Å². The van der Waals surface area contributed by atoms with Gasteiger partial charge < -0.3 is 14.7 Å². The summed E-state index contributed by atoms with van der Waals surface area (Å²) in [6.07, 6.45) is 4.25. The third-order valence-electron chi connectivity index (χ3n) is 6.51. The highest BCUT2D eigenvalue weighted by Crippen LogP contribution is 2.40. The second-order valence-corrected chi connectivity index (χ2v) is 8.98. The van der Waals surface area contributed by atoms with E-state index in [4.69, 9.17) is 16.3 Å². The first-order valence-corrected chi connectivity index (χ1v) is 10.9. The Balaban J connectivity index is 1.54. The Kier molecular flexibility index (Phi) is 5.22. The number of alkyl halides is 1. The van der Waals surface area contributed by atoms with Crippen LogP contribution in [0.25, 0.3) is 10.9 Å². The normalized spacial score (nSPS) is 28.5. The van der Waals surface area contributed by atoms with Crippen molar-refractivity contribution in [3.8, 4) is 6.01 Å². The van der Waals surface area contributed by atoms with Crippen LogP contribution in [0.3, 0.4) is 0 Å². The third kappa shape index (κ3) is 3.62. The number of halogens is 3.